The van der Waals surface area contributed by atoms with Gasteiger partial charge >= 0.3 is 0 Å². The first-order valence-electron chi connectivity index (χ1n) is 6.55. The van der Waals surface area contributed by atoms with Crippen molar-refractivity contribution in [3.8, 4) is 0 Å². The van der Waals surface area contributed by atoms with Crippen LogP contribution in [0.2, 0.25) is 0 Å². The molecule has 5 heteroatoms. The average Bonchev–Trinajstić information content (AvgIpc) is 2.83. The Hall–Kier alpha value is -1.62. The Bertz CT molecular complexity index is 482. The number of oxime groups is 1. The second-order valence-electron chi connectivity index (χ2n) is 5.41. The van der Waals surface area contributed by atoms with Gasteiger partial charge in [0.25, 0.3) is 0 Å². The van der Waals surface area contributed by atoms with Crippen molar-refractivity contribution in [2.24, 2.45) is 10.9 Å². The summed E-state index contributed by atoms with van der Waals surface area (Å²) in [5, 5.41) is 14.8. The van der Waals surface area contributed by atoms with Gasteiger partial charge in [0.05, 0.1) is 0 Å². The fourth-order valence-corrected chi connectivity index (χ4v) is 2.55. The van der Waals surface area contributed by atoms with Gasteiger partial charge in [0.15, 0.2) is 5.84 Å². The van der Waals surface area contributed by atoms with Crippen molar-refractivity contribution in [3.63, 3.8) is 0 Å². The Balaban J connectivity index is 2.05. The van der Waals surface area contributed by atoms with Gasteiger partial charge in [-0.25, -0.2) is 4.39 Å². The molecule has 0 amide bonds. The maximum atomic E-state index is 13.9. The third-order valence-corrected chi connectivity index (χ3v) is 3.87. The van der Waals surface area contributed by atoms with Gasteiger partial charge in [-0.15, -0.1) is 0 Å². The summed E-state index contributed by atoms with van der Waals surface area (Å²) in [6.07, 6.45) is 4.73. The first-order valence-corrected chi connectivity index (χ1v) is 6.55. The molecule has 104 valence electrons. The first-order chi connectivity index (χ1) is 9.04. The average molecular weight is 265 g/mol. The summed E-state index contributed by atoms with van der Waals surface area (Å²) in [5.74, 6) is -0.417. The molecule has 0 saturated heterocycles. The second-order valence-corrected chi connectivity index (χ2v) is 5.41. The van der Waals surface area contributed by atoms with Crippen molar-refractivity contribution in [2.75, 3.05) is 0 Å². The zero-order valence-corrected chi connectivity index (χ0v) is 11.1. The monoisotopic (exact) mass is 265 g/mol. The Kier molecular flexibility index (Phi) is 4.04. The van der Waals surface area contributed by atoms with Gasteiger partial charge in [0.1, 0.15) is 5.82 Å². The highest BCUT2D eigenvalue weighted by molar-refractivity contribution is 5.97. The first kappa shape index (κ1) is 13.8. The van der Waals surface area contributed by atoms with Crippen molar-refractivity contribution < 1.29 is 9.60 Å². The quantitative estimate of drug-likeness (QED) is 0.339. The van der Waals surface area contributed by atoms with Crippen LogP contribution in [0.25, 0.3) is 0 Å². The van der Waals surface area contributed by atoms with Crippen LogP contribution in [0, 0.1) is 5.82 Å². The lowest BCUT2D eigenvalue weighted by Gasteiger charge is -2.25. The van der Waals surface area contributed by atoms with E-state index in [1.165, 1.54) is 18.9 Å². The van der Waals surface area contributed by atoms with Crippen molar-refractivity contribution in [1.82, 2.24) is 5.32 Å². The molecular formula is C14H20FN3O. The molecule has 19 heavy (non-hydrogen) atoms. The second kappa shape index (κ2) is 5.57. The van der Waals surface area contributed by atoms with Crippen LogP contribution in [0.1, 0.15) is 43.7 Å². The summed E-state index contributed by atoms with van der Waals surface area (Å²) in [7, 11) is 0. The molecule has 1 aliphatic rings. The predicted molar refractivity (Wildman–Crippen MR) is 72.6 cm³/mol. The number of benzene rings is 1. The third-order valence-electron chi connectivity index (χ3n) is 3.87. The fourth-order valence-electron chi connectivity index (χ4n) is 2.55. The number of hydrogen-bond donors (Lipinski definition) is 3. The standard InChI is InChI=1S/C14H20FN3O/c1-14(6-2-3-7-14)17-9-11-5-4-10(8-12(11)15)13(16)18-19/h4-5,8,17,19H,2-3,6-7,9H2,1H3,(H2,16,18). The van der Waals surface area contributed by atoms with Gasteiger partial charge in [-0.3, -0.25) is 0 Å². The van der Waals surface area contributed by atoms with Crippen molar-refractivity contribution in [3.05, 3.63) is 35.1 Å². The van der Waals surface area contributed by atoms with Gasteiger partial charge in [0.2, 0.25) is 0 Å². The van der Waals surface area contributed by atoms with Gasteiger partial charge in [-0.1, -0.05) is 30.1 Å². The van der Waals surface area contributed by atoms with Crippen LogP contribution in [-0.2, 0) is 6.54 Å². The molecular weight excluding hydrogens is 245 g/mol. The fraction of sp³-hybridized carbons (Fsp3) is 0.500. The lowest BCUT2D eigenvalue weighted by molar-refractivity contribution is 0.318. The van der Waals surface area contributed by atoms with Crippen LogP contribution < -0.4 is 11.1 Å². The summed E-state index contributed by atoms with van der Waals surface area (Å²) >= 11 is 0. The summed E-state index contributed by atoms with van der Waals surface area (Å²) in [5.41, 5.74) is 6.53. The molecule has 1 aromatic rings. The number of halogens is 1. The van der Waals surface area contributed by atoms with Crippen molar-refractivity contribution in [1.29, 1.82) is 0 Å². The van der Waals surface area contributed by atoms with Crippen molar-refractivity contribution in [2.45, 2.75) is 44.7 Å². The molecule has 1 fully saturated rings. The van der Waals surface area contributed by atoms with Gasteiger partial charge in [-0.2, -0.15) is 0 Å². The molecule has 1 aromatic carbocycles. The van der Waals surface area contributed by atoms with Gasteiger partial charge in [0, 0.05) is 23.2 Å². The molecule has 0 spiro atoms. The van der Waals surface area contributed by atoms with E-state index < -0.39 is 0 Å². The maximum absolute atomic E-state index is 13.9. The van der Waals surface area contributed by atoms with E-state index in [-0.39, 0.29) is 17.2 Å². The van der Waals surface area contributed by atoms with Crippen LogP contribution in [0.15, 0.2) is 23.4 Å². The van der Waals surface area contributed by atoms with E-state index in [9.17, 15) is 4.39 Å². The number of amidine groups is 1. The molecule has 1 saturated carbocycles. The molecule has 2 rings (SSSR count). The third kappa shape index (κ3) is 3.23. The minimum absolute atomic E-state index is 0.0823. The minimum Gasteiger partial charge on any atom is -0.409 e. The Morgan fingerprint density at radius 1 is 1.47 bits per heavy atom. The molecule has 0 unspecified atom stereocenters. The van der Waals surface area contributed by atoms with Crippen molar-refractivity contribution >= 4 is 5.84 Å². The number of nitrogens with two attached hydrogens (primary N) is 1. The SMILES string of the molecule is CC1(NCc2ccc(C(N)=NO)cc2F)CCCC1. The van der Waals surface area contributed by atoms with E-state index in [0.717, 1.165) is 12.8 Å². The summed E-state index contributed by atoms with van der Waals surface area (Å²) < 4.78 is 13.9. The van der Waals surface area contributed by atoms with Crippen LogP contribution in [0.3, 0.4) is 0 Å². The zero-order valence-electron chi connectivity index (χ0n) is 11.1. The molecule has 0 aromatic heterocycles. The molecule has 0 heterocycles. The largest absolute Gasteiger partial charge is 0.409 e. The highest BCUT2D eigenvalue weighted by Crippen LogP contribution is 2.29. The Morgan fingerprint density at radius 2 is 2.16 bits per heavy atom. The van der Waals surface area contributed by atoms with Crippen LogP contribution in [-0.4, -0.2) is 16.6 Å². The summed E-state index contributed by atoms with van der Waals surface area (Å²) in [6, 6.07) is 4.63. The minimum atomic E-state index is -0.335. The molecule has 0 radical (unpaired) electrons. The Morgan fingerprint density at radius 3 is 2.74 bits per heavy atom. The van der Waals surface area contributed by atoms with E-state index in [1.807, 2.05) is 0 Å². The van der Waals surface area contributed by atoms with Gasteiger partial charge < -0.3 is 16.3 Å². The lowest BCUT2D eigenvalue weighted by Crippen LogP contribution is -2.39. The number of rotatable bonds is 4. The maximum Gasteiger partial charge on any atom is 0.170 e. The van der Waals surface area contributed by atoms with E-state index in [4.69, 9.17) is 10.9 Å². The van der Waals surface area contributed by atoms with E-state index >= 15 is 0 Å². The molecule has 0 aliphatic heterocycles. The van der Waals surface area contributed by atoms with Gasteiger partial charge in [-0.05, 0) is 25.8 Å². The normalized spacial score (nSPS) is 18.7. The molecule has 0 atom stereocenters. The highest BCUT2D eigenvalue weighted by Gasteiger charge is 2.27. The van der Waals surface area contributed by atoms with E-state index in [1.54, 1.807) is 12.1 Å². The topological polar surface area (TPSA) is 70.6 Å². The van der Waals surface area contributed by atoms with E-state index in [0.29, 0.717) is 17.7 Å². The lowest BCUT2D eigenvalue weighted by atomic mass is 10.00. The molecule has 4 nitrogen and oxygen atoms in total. The molecule has 4 N–H and O–H groups in total. The predicted octanol–water partition coefficient (Wildman–Crippen LogP) is 2.34. The van der Waals surface area contributed by atoms with Crippen LogP contribution >= 0.6 is 0 Å². The van der Waals surface area contributed by atoms with Crippen LogP contribution in [0.5, 0.6) is 0 Å². The number of nitrogens with zero attached hydrogens (tertiary/aromatic N) is 1. The number of nitrogens with one attached hydrogen (secondary N) is 1. The summed E-state index contributed by atoms with van der Waals surface area (Å²) in [4.78, 5) is 0. The molecule has 0 bridgehead atoms. The summed E-state index contributed by atoms with van der Waals surface area (Å²) in [6.45, 7) is 2.68. The smallest absolute Gasteiger partial charge is 0.170 e. The van der Waals surface area contributed by atoms with Crippen LogP contribution in [0.4, 0.5) is 4.39 Å². The Labute approximate surface area is 112 Å². The molecule has 1 aliphatic carbocycles. The zero-order chi connectivity index (χ0) is 13.9. The highest BCUT2D eigenvalue weighted by atomic mass is 19.1. The number of hydrogen-bond acceptors (Lipinski definition) is 3. The van der Waals surface area contributed by atoms with E-state index in [2.05, 4.69) is 17.4 Å².